The maximum absolute atomic E-state index is 11.9. The monoisotopic (exact) mass is 424 g/mol. The zero-order chi connectivity index (χ0) is 20.4. The predicted octanol–water partition coefficient (Wildman–Crippen LogP) is 1.51. The highest BCUT2D eigenvalue weighted by Crippen LogP contribution is 2.28. The van der Waals surface area contributed by atoms with Gasteiger partial charge in [0.05, 0.1) is 18.6 Å². The predicted molar refractivity (Wildman–Crippen MR) is 114 cm³/mol. The summed E-state index contributed by atoms with van der Waals surface area (Å²) >= 11 is 6.67. The van der Waals surface area contributed by atoms with Crippen LogP contribution in [-0.4, -0.2) is 59.3 Å². The number of hydrogen-bond donors (Lipinski definition) is 2. The molecule has 0 unspecified atom stereocenters. The number of carbonyl (C=O) groups is 2. The molecule has 1 aromatic carbocycles. The molecular formula is C18H24N4O4S2. The molecule has 2 rings (SSSR count). The Hall–Kier alpha value is -2.33. The van der Waals surface area contributed by atoms with Crippen LogP contribution in [0.25, 0.3) is 0 Å². The molecule has 1 saturated heterocycles. The molecule has 8 nitrogen and oxygen atoms in total. The lowest BCUT2D eigenvalue weighted by Crippen LogP contribution is -2.26. The number of primary amides is 1. The molecule has 152 valence electrons. The van der Waals surface area contributed by atoms with Crippen LogP contribution in [0.5, 0.6) is 11.5 Å². The molecule has 0 atom stereocenters. The standard InChI is InChI=1S/C18H24N4O4S2/c1-2-25-15-9-13(5-6-14(15)26-11-16(19)23)10-20-21-17(24)12-28-18(27)22-7-3-4-8-22/h5-6,9-10H,2-4,7-8,11-12H2,1H3,(H2,19,23)(H,21,24)/b20-10-. The number of hydrogen-bond acceptors (Lipinski definition) is 7. The van der Waals surface area contributed by atoms with Crippen LogP contribution in [0, 0.1) is 0 Å². The van der Waals surface area contributed by atoms with Gasteiger partial charge in [0.1, 0.15) is 4.32 Å². The van der Waals surface area contributed by atoms with Crippen LogP contribution in [0.4, 0.5) is 0 Å². The zero-order valence-corrected chi connectivity index (χ0v) is 17.3. The van der Waals surface area contributed by atoms with Gasteiger partial charge in [0, 0.05) is 13.1 Å². The fraction of sp³-hybridized carbons (Fsp3) is 0.444. The molecule has 1 fully saturated rings. The Balaban J connectivity index is 1.84. The quantitative estimate of drug-likeness (QED) is 0.352. The SMILES string of the molecule is CCOc1cc(/C=N\NC(=O)CSC(=S)N2CCCC2)ccc1OCC(N)=O. The molecule has 0 radical (unpaired) electrons. The Labute approximate surface area is 173 Å². The molecule has 0 bridgehead atoms. The largest absolute Gasteiger partial charge is 0.490 e. The normalized spacial score (nSPS) is 13.5. The fourth-order valence-corrected chi connectivity index (χ4v) is 3.51. The number of carbonyl (C=O) groups excluding carboxylic acids is 2. The zero-order valence-electron chi connectivity index (χ0n) is 15.7. The van der Waals surface area contributed by atoms with E-state index in [1.165, 1.54) is 18.0 Å². The lowest BCUT2D eigenvalue weighted by atomic mass is 10.2. The first kappa shape index (κ1) is 22.0. The van der Waals surface area contributed by atoms with E-state index in [-0.39, 0.29) is 18.3 Å². The summed E-state index contributed by atoms with van der Waals surface area (Å²) < 4.78 is 11.6. The van der Waals surface area contributed by atoms with Crippen LogP contribution >= 0.6 is 24.0 Å². The molecule has 0 saturated carbocycles. The summed E-state index contributed by atoms with van der Waals surface area (Å²) in [5, 5.41) is 3.96. The number of thioether (sulfide) groups is 1. The van der Waals surface area contributed by atoms with Crippen molar-refractivity contribution in [3.05, 3.63) is 23.8 Å². The van der Waals surface area contributed by atoms with Gasteiger partial charge in [-0.3, -0.25) is 9.59 Å². The van der Waals surface area contributed by atoms with Crippen molar-refractivity contribution in [3.8, 4) is 11.5 Å². The highest BCUT2D eigenvalue weighted by Gasteiger charge is 2.16. The van der Waals surface area contributed by atoms with Crippen LogP contribution in [-0.2, 0) is 9.59 Å². The highest BCUT2D eigenvalue weighted by atomic mass is 32.2. The minimum absolute atomic E-state index is 0.219. The molecule has 0 spiro atoms. The highest BCUT2D eigenvalue weighted by molar-refractivity contribution is 8.23. The van der Waals surface area contributed by atoms with Crippen molar-refractivity contribution in [3.63, 3.8) is 0 Å². The molecular weight excluding hydrogens is 400 g/mol. The van der Waals surface area contributed by atoms with Gasteiger partial charge in [-0.15, -0.1) is 0 Å². The second kappa shape index (κ2) is 11.5. The number of nitrogens with two attached hydrogens (primary N) is 1. The summed E-state index contributed by atoms with van der Waals surface area (Å²) in [6.45, 7) is 3.96. The molecule has 1 heterocycles. The number of hydrazone groups is 1. The van der Waals surface area contributed by atoms with Crippen molar-refractivity contribution in [1.82, 2.24) is 10.3 Å². The summed E-state index contributed by atoms with van der Waals surface area (Å²) in [4.78, 5) is 24.9. The van der Waals surface area contributed by atoms with E-state index in [0.717, 1.165) is 30.3 Å². The van der Waals surface area contributed by atoms with Gasteiger partial charge in [0.2, 0.25) is 0 Å². The van der Waals surface area contributed by atoms with Crippen molar-refractivity contribution in [2.24, 2.45) is 10.8 Å². The number of thiocarbonyl (C=S) groups is 1. The Bertz CT molecular complexity index is 736. The number of amides is 2. The summed E-state index contributed by atoms with van der Waals surface area (Å²) in [5.41, 5.74) is 8.27. The van der Waals surface area contributed by atoms with E-state index < -0.39 is 5.91 Å². The van der Waals surface area contributed by atoms with Crippen molar-refractivity contribution < 1.29 is 19.1 Å². The van der Waals surface area contributed by atoms with Crippen molar-refractivity contribution in [1.29, 1.82) is 0 Å². The molecule has 2 amide bonds. The molecule has 1 aliphatic rings. The van der Waals surface area contributed by atoms with Crippen LogP contribution in [0.15, 0.2) is 23.3 Å². The Morgan fingerprint density at radius 2 is 2.07 bits per heavy atom. The van der Waals surface area contributed by atoms with Crippen LogP contribution < -0.4 is 20.6 Å². The van der Waals surface area contributed by atoms with Crippen LogP contribution in [0.2, 0.25) is 0 Å². The van der Waals surface area contributed by atoms with Gasteiger partial charge in [-0.05, 0) is 43.5 Å². The molecule has 1 aromatic rings. The van der Waals surface area contributed by atoms with Gasteiger partial charge in [0.15, 0.2) is 18.1 Å². The number of likely N-dealkylation sites (tertiary alicyclic amines) is 1. The van der Waals surface area contributed by atoms with E-state index in [1.807, 2.05) is 6.92 Å². The first-order chi connectivity index (χ1) is 13.5. The van der Waals surface area contributed by atoms with Gasteiger partial charge < -0.3 is 20.1 Å². The molecule has 0 aliphatic carbocycles. The average Bonchev–Trinajstić information content (AvgIpc) is 3.20. The first-order valence-corrected chi connectivity index (χ1v) is 10.3. The third kappa shape index (κ3) is 7.35. The second-order valence-electron chi connectivity index (χ2n) is 5.94. The molecule has 10 heteroatoms. The second-order valence-corrected chi connectivity index (χ2v) is 7.55. The van der Waals surface area contributed by atoms with E-state index in [9.17, 15) is 9.59 Å². The number of ether oxygens (including phenoxy) is 2. The summed E-state index contributed by atoms with van der Waals surface area (Å²) in [6.07, 6.45) is 3.79. The van der Waals surface area contributed by atoms with Crippen LogP contribution in [0.1, 0.15) is 25.3 Å². The third-order valence-electron chi connectivity index (χ3n) is 3.73. The minimum Gasteiger partial charge on any atom is -0.490 e. The summed E-state index contributed by atoms with van der Waals surface area (Å²) in [6, 6.07) is 5.08. The Morgan fingerprint density at radius 3 is 2.75 bits per heavy atom. The summed E-state index contributed by atoms with van der Waals surface area (Å²) in [5.74, 6) is 0.294. The minimum atomic E-state index is -0.571. The van der Waals surface area contributed by atoms with E-state index in [0.29, 0.717) is 23.7 Å². The van der Waals surface area contributed by atoms with Gasteiger partial charge in [-0.2, -0.15) is 5.10 Å². The van der Waals surface area contributed by atoms with Crippen molar-refractivity contribution in [2.45, 2.75) is 19.8 Å². The average molecular weight is 425 g/mol. The van der Waals surface area contributed by atoms with Crippen molar-refractivity contribution in [2.75, 3.05) is 32.1 Å². The summed E-state index contributed by atoms with van der Waals surface area (Å²) in [7, 11) is 0. The fourth-order valence-electron chi connectivity index (χ4n) is 2.47. The molecule has 3 N–H and O–H groups in total. The Morgan fingerprint density at radius 1 is 1.32 bits per heavy atom. The number of nitrogens with one attached hydrogen (secondary N) is 1. The maximum atomic E-state index is 11.9. The lowest BCUT2D eigenvalue weighted by molar-refractivity contribution is -0.120. The van der Waals surface area contributed by atoms with E-state index in [2.05, 4.69) is 15.4 Å². The topological polar surface area (TPSA) is 106 Å². The van der Waals surface area contributed by atoms with Crippen LogP contribution in [0.3, 0.4) is 0 Å². The number of benzene rings is 1. The lowest BCUT2D eigenvalue weighted by Gasteiger charge is -2.16. The first-order valence-electron chi connectivity index (χ1n) is 8.91. The van der Waals surface area contributed by atoms with E-state index in [4.69, 9.17) is 27.4 Å². The van der Waals surface area contributed by atoms with E-state index >= 15 is 0 Å². The van der Waals surface area contributed by atoms with Gasteiger partial charge >= 0.3 is 0 Å². The Kier molecular flexibility index (Phi) is 9.02. The number of nitrogens with zero attached hydrogens (tertiary/aromatic N) is 2. The third-order valence-corrected chi connectivity index (χ3v) is 5.25. The molecule has 28 heavy (non-hydrogen) atoms. The molecule has 1 aliphatic heterocycles. The van der Waals surface area contributed by atoms with Crippen molar-refractivity contribution >= 4 is 46.3 Å². The van der Waals surface area contributed by atoms with Gasteiger partial charge in [-0.1, -0.05) is 24.0 Å². The van der Waals surface area contributed by atoms with E-state index in [1.54, 1.807) is 18.2 Å². The maximum Gasteiger partial charge on any atom is 0.255 e. The van der Waals surface area contributed by atoms with Gasteiger partial charge in [0.25, 0.3) is 11.8 Å². The molecule has 0 aromatic heterocycles. The smallest absolute Gasteiger partial charge is 0.255 e. The van der Waals surface area contributed by atoms with Gasteiger partial charge in [-0.25, -0.2) is 5.43 Å². The number of rotatable bonds is 9.